The average Bonchev–Trinajstić information content (AvgIpc) is 2.78. The van der Waals surface area contributed by atoms with Crippen LogP contribution in [0.4, 0.5) is 5.69 Å². The number of methoxy groups -OCH3 is 1. The van der Waals surface area contributed by atoms with Gasteiger partial charge in [-0.1, -0.05) is 29.3 Å². The molecule has 0 aromatic heterocycles. The molecule has 0 radical (unpaired) electrons. The van der Waals surface area contributed by atoms with Gasteiger partial charge in [0.05, 0.1) is 16.5 Å². The van der Waals surface area contributed by atoms with Crippen LogP contribution in [0, 0.1) is 0 Å². The lowest BCUT2D eigenvalue weighted by molar-refractivity contribution is -0.133. The predicted molar refractivity (Wildman–Crippen MR) is 124 cm³/mol. The number of anilines is 1. The summed E-state index contributed by atoms with van der Waals surface area (Å²) < 4.78 is 37.3. The number of benzene rings is 2. The highest BCUT2D eigenvalue weighted by atomic mass is 35.5. The van der Waals surface area contributed by atoms with Crippen LogP contribution in [0.3, 0.4) is 0 Å². The fourth-order valence-electron chi connectivity index (χ4n) is 3.24. The molecule has 3 rings (SSSR count). The second-order valence-electron chi connectivity index (χ2n) is 7.12. The fourth-order valence-corrected chi connectivity index (χ4v) is 4.77. The maximum Gasteiger partial charge on any atom is 0.260 e. The van der Waals surface area contributed by atoms with Gasteiger partial charge in [-0.25, -0.2) is 13.1 Å². The van der Waals surface area contributed by atoms with Crippen LogP contribution in [-0.4, -0.2) is 72.3 Å². The average molecular weight is 502 g/mol. The first-order chi connectivity index (χ1) is 15.3. The molecule has 0 bridgehead atoms. The van der Waals surface area contributed by atoms with E-state index in [2.05, 4.69) is 9.62 Å². The van der Waals surface area contributed by atoms with E-state index >= 15 is 0 Å². The first-order valence-corrected chi connectivity index (χ1v) is 12.2. The maximum atomic E-state index is 12.6. The van der Waals surface area contributed by atoms with E-state index in [-0.39, 0.29) is 41.3 Å². The molecule has 1 saturated heterocycles. The summed E-state index contributed by atoms with van der Waals surface area (Å²) in [7, 11) is -2.23. The van der Waals surface area contributed by atoms with Gasteiger partial charge in [-0.3, -0.25) is 4.79 Å². The quantitative estimate of drug-likeness (QED) is 0.531. The van der Waals surface area contributed by atoms with Gasteiger partial charge in [0.1, 0.15) is 5.75 Å². The molecule has 2 aromatic carbocycles. The van der Waals surface area contributed by atoms with Gasteiger partial charge in [-0.05, 0) is 36.4 Å². The number of nitrogens with one attached hydrogen (secondary N) is 1. The van der Waals surface area contributed by atoms with Gasteiger partial charge < -0.3 is 19.3 Å². The second-order valence-corrected chi connectivity index (χ2v) is 9.73. The van der Waals surface area contributed by atoms with Crippen LogP contribution in [-0.2, 0) is 19.6 Å². The summed E-state index contributed by atoms with van der Waals surface area (Å²) in [6.45, 7) is 2.72. The lowest BCUT2D eigenvalue weighted by atomic mass is 10.2. The number of piperazine rings is 1. The summed E-state index contributed by atoms with van der Waals surface area (Å²) in [5.41, 5.74) is 1.03. The Morgan fingerprint density at radius 3 is 2.50 bits per heavy atom. The van der Waals surface area contributed by atoms with Crippen molar-refractivity contribution in [3.8, 4) is 5.75 Å². The van der Waals surface area contributed by atoms with E-state index < -0.39 is 10.0 Å². The molecule has 1 fully saturated rings. The van der Waals surface area contributed by atoms with Gasteiger partial charge in [-0.2, -0.15) is 0 Å². The first-order valence-electron chi connectivity index (χ1n) is 9.99. The zero-order valence-corrected chi connectivity index (χ0v) is 19.9. The lowest BCUT2D eigenvalue weighted by Crippen LogP contribution is -2.50. The molecule has 32 heavy (non-hydrogen) atoms. The Bertz CT molecular complexity index is 1040. The number of halogens is 2. The Morgan fingerprint density at radius 1 is 1.09 bits per heavy atom. The number of amides is 1. The van der Waals surface area contributed by atoms with E-state index in [1.54, 1.807) is 4.90 Å². The highest BCUT2D eigenvalue weighted by Gasteiger charge is 2.22. The molecule has 8 nitrogen and oxygen atoms in total. The Balaban J connectivity index is 1.52. The molecule has 1 amide bonds. The van der Waals surface area contributed by atoms with Crippen molar-refractivity contribution in [3.63, 3.8) is 0 Å². The van der Waals surface area contributed by atoms with Crippen molar-refractivity contribution in [3.05, 3.63) is 52.5 Å². The van der Waals surface area contributed by atoms with E-state index in [1.807, 2.05) is 24.3 Å². The van der Waals surface area contributed by atoms with Crippen LogP contribution in [0.15, 0.2) is 47.4 Å². The van der Waals surface area contributed by atoms with Crippen LogP contribution in [0.25, 0.3) is 0 Å². The molecule has 0 atom stereocenters. The number of hydrogen-bond acceptors (Lipinski definition) is 6. The number of ether oxygens (including phenoxy) is 2. The smallest absolute Gasteiger partial charge is 0.260 e. The minimum atomic E-state index is -3.71. The van der Waals surface area contributed by atoms with Gasteiger partial charge in [0.2, 0.25) is 10.0 Å². The van der Waals surface area contributed by atoms with E-state index in [1.165, 1.54) is 25.3 Å². The standard InChI is InChI=1S/C21H25Cl2N3O5S/c1-30-12-7-24-32(28,29)18-5-6-20(19(23)14-18)31-15-21(27)26-10-8-25(9-11-26)17-4-2-3-16(22)13-17/h2-6,13-14,24H,7-12,15H2,1H3. The van der Waals surface area contributed by atoms with Gasteiger partial charge in [0.15, 0.2) is 6.61 Å². The van der Waals surface area contributed by atoms with Crippen LogP contribution < -0.4 is 14.4 Å². The van der Waals surface area contributed by atoms with Crippen molar-refractivity contribution in [2.75, 3.05) is 57.9 Å². The molecule has 2 aromatic rings. The van der Waals surface area contributed by atoms with Gasteiger partial charge in [0, 0.05) is 50.5 Å². The summed E-state index contributed by atoms with van der Waals surface area (Å²) >= 11 is 12.2. The molecule has 11 heteroatoms. The molecule has 0 aliphatic carbocycles. The lowest BCUT2D eigenvalue weighted by Gasteiger charge is -2.36. The van der Waals surface area contributed by atoms with E-state index in [0.717, 1.165) is 5.69 Å². The second kappa shape index (κ2) is 11.2. The molecule has 1 heterocycles. The van der Waals surface area contributed by atoms with Crippen LogP contribution in [0.1, 0.15) is 0 Å². The summed E-state index contributed by atoms with van der Waals surface area (Å²) in [6.07, 6.45) is 0. The fraction of sp³-hybridized carbons (Fsp3) is 0.381. The predicted octanol–water partition coefficient (Wildman–Crippen LogP) is 2.65. The number of rotatable bonds is 9. The van der Waals surface area contributed by atoms with E-state index in [0.29, 0.717) is 31.2 Å². The summed E-state index contributed by atoms with van der Waals surface area (Å²) in [6, 6.07) is 11.7. The largest absolute Gasteiger partial charge is 0.482 e. The molecular weight excluding hydrogens is 477 g/mol. The molecule has 1 aliphatic heterocycles. The summed E-state index contributed by atoms with van der Waals surface area (Å²) in [5, 5.41) is 0.786. The normalized spacial score (nSPS) is 14.5. The van der Waals surface area contributed by atoms with Crippen molar-refractivity contribution in [2.45, 2.75) is 4.90 Å². The Morgan fingerprint density at radius 2 is 1.84 bits per heavy atom. The number of carbonyl (C=O) groups excluding carboxylic acids is 1. The molecule has 0 unspecified atom stereocenters. The highest BCUT2D eigenvalue weighted by molar-refractivity contribution is 7.89. The molecule has 0 spiro atoms. The third-order valence-corrected chi connectivity index (χ3v) is 6.96. The topological polar surface area (TPSA) is 88.2 Å². The van der Waals surface area contributed by atoms with Gasteiger partial charge in [-0.15, -0.1) is 0 Å². The molecule has 0 saturated carbocycles. The number of sulfonamides is 1. The van der Waals surface area contributed by atoms with Crippen LogP contribution in [0.2, 0.25) is 10.0 Å². The SMILES string of the molecule is COCCNS(=O)(=O)c1ccc(OCC(=O)N2CCN(c3cccc(Cl)c3)CC2)c(Cl)c1. The summed E-state index contributed by atoms with van der Waals surface area (Å²) in [4.78, 5) is 16.5. The monoisotopic (exact) mass is 501 g/mol. The van der Waals surface area contributed by atoms with Crippen LogP contribution in [0.5, 0.6) is 5.75 Å². The molecule has 1 N–H and O–H groups in total. The number of carbonyl (C=O) groups is 1. The van der Waals surface area contributed by atoms with Gasteiger partial charge >= 0.3 is 0 Å². The number of nitrogens with zero attached hydrogens (tertiary/aromatic N) is 2. The molecular formula is C21H25Cl2N3O5S. The molecule has 1 aliphatic rings. The third kappa shape index (κ3) is 6.49. The zero-order valence-electron chi connectivity index (χ0n) is 17.6. The van der Waals surface area contributed by atoms with Crippen molar-refractivity contribution in [2.24, 2.45) is 0 Å². The maximum absolute atomic E-state index is 12.6. The minimum absolute atomic E-state index is 0.00872. The Labute approximate surface area is 198 Å². The van der Waals surface area contributed by atoms with Crippen molar-refractivity contribution in [1.29, 1.82) is 0 Å². The van der Waals surface area contributed by atoms with E-state index in [9.17, 15) is 13.2 Å². The summed E-state index contributed by atoms with van der Waals surface area (Å²) in [5.74, 6) is 0.0816. The van der Waals surface area contributed by atoms with E-state index in [4.69, 9.17) is 32.7 Å². The number of hydrogen-bond donors (Lipinski definition) is 1. The minimum Gasteiger partial charge on any atom is -0.482 e. The van der Waals surface area contributed by atoms with Crippen molar-refractivity contribution in [1.82, 2.24) is 9.62 Å². The van der Waals surface area contributed by atoms with Gasteiger partial charge in [0.25, 0.3) is 5.91 Å². The first kappa shape index (κ1) is 24.6. The van der Waals surface area contributed by atoms with Crippen molar-refractivity contribution < 1.29 is 22.7 Å². The zero-order chi connectivity index (χ0) is 23.1. The molecule has 174 valence electrons. The highest BCUT2D eigenvalue weighted by Crippen LogP contribution is 2.27. The Kier molecular flexibility index (Phi) is 8.61. The third-order valence-electron chi connectivity index (χ3n) is 4.97. The van der Waals surface area contributed by atoms with Crippen molar-refractivity contribution >= 4 is 44.8 Å². The van der Waals surface area contributed by atoms with Crippen LogP contribution >= 0.6 is 23.2 Å². The Hall–Kier alpha value is -2.04.